The zero-order chi connectivity index (χ0) is 29.3. The standard InChI is InChI=1S/C27H35N3O3.C2HF3O2/c1-19(31)22-15-23(28-17-22)25(32)30-13-9-27(10-14-30)7-11-29(12-8-27)18-21-6-4-5-20-16-26(2,3)33-24(20)21;3-2(4,5)1(6)7/h4-6,15,17,28H,7-14,16,18H2,1-3H3;(H,6,7). The quantitative estimate of drug-likeness (QED) is 0.503. The second-order valence-electron chi connectivity index (χ2n) is 11.7. The van der Waals surface area contributed by atoms with Gasteiger partial charge in [-0.2, -0.15) is 13.2 Å². The van der Waals surface area contributed by atoms with Crippen molar-refractivity contribution in [2.24, 2.45) is 5.41 Å². The number of para-hydroxylation sites is 1. The van der Waals surface area contributed by atoms with Crippen LogP contribution in [0.1, 0.15) is 78.4 Å². The Bertz CT molecular complexity index is 1250. The smallest absolute Gasteiger partial charge is 0.487 e. The summed E-state index contributed by atoms with van der Waals surface area (Å²) >= 11 is 0. The van der Waals surface area contributed by atoms with Crippen molar-refractivity contribution >= 4 is 17.7 Å². The first kappa shape index (κ1) is 29.6. The molecule has 1 aromatic carbocycles. The lowest BCUT2D eigenvalue weighted by atomic mass is 9.71. The number of nitrogens with one attached hydrogen (secondary N) is 1. The Morgan fingerprint density at radius 2 is 1.65 bits per heavy atom. The number of hydrogen-bond donors (Lipinski definition) is 2. The molecule has 5 rings (SSSR count). The van der Waals surface area contributed by atoms with E-state index >= 15 is 0 Å². The van der Waals surface area contributed by atoms with E-state index in [1.807, 2.05) is 4.90 Å². The van der Waals surface area contributed by atoms with Gasteiger partial charge in [0.25, 0.3) is 5.91 Å². The lowest BCUT2D eigenvalue weighted by Crippen LogP contribution is -2.48. The number of aromatic nitrogens is 1. The van der Waals surface area contributed by atoms with Gasteiger partial charge in [0, 0.05) is 43.4 Å². The van der Waals surface area contributed by atoms with E-state index in [4.69, 9.17) is 14.6 Å². The van der Waals surface area contributed by atoms with Gasteiger partial charge in [0.15, 0.2) is 5.78 Å². The van der Waals surface area contributed by atoms with Crippen LogP contribution in [0.4, 0.5) is 13.2 Å². The van der Waals surface area contributed by atoms with Crippen molar-refractivity contribution in [1.29, 1.82) is 0 Å². The summed E-state index contributed by atoms with van der Waals surface area (Å²) in [6, 6.07) is 8.26. The van der Waals surface area contributed by atoms with E-state index in [0.29, 0.717) is 16.7 Å². The Morgan fingerprint density at radius 3 is 2.20 bits per heavy atom. The van der Waals surface area contributed by atoms with Gasteiger partial charge < -0.3 is 19.7 Å². The van der Waals surface area contributed by atoms with Crippen LogP contribution in [-0.4, -0.2) is 75.5 Å². The predicted molar refractivity (Wildman–Crippen MR) is 141 cm³/mol. The van der Waals surface area contributed by atoms with Crippen molar-refractivity contribution in [1.82, 2.24) is 14.8 Å². The van der Waals surface area contributed by atoms with Gasteiger partial charge in [-0.1, -0.05) is 18.2 Å². The molecule has 0 bridgehead atoms. The molecule has 3 aliphatic heterocycles. The summed E-state index contributed by atoms with van der Waals surface area (Å²) in [5.74, 6) is -1.67. The van der Waals surface area contributed by atoms with Gasteiger partial charge in [-0.05, 0) is 76.6 Å². The Kier molecular flexibility index (Phi) is 8.35. The number of benzene rings is 1. The van der Waals surface area contributed by atoms with E-state index in [9.17, 15) is 22.8 Å². The maximum Gasteiger partial charge on any atom is 0.490 e. The third kappa shape index (κ3) is 6.86. The number of halogens is 3. The topological polar surface area (TPSA) is 103 Å². The normalized spacial score (nSPS) is 19.8. The summed E-state index contributed by atoms with van der Waals surface area (Å²) in [5, 5.41) is 7.12. The van der Waals surface area contributed by atoms with E-state index in [1.165, 1.54) is 30.9 Å². The fourth-order valence-corrected chi connectivity index (χ4v) is 5.81. The van der Waals surface area contributed by atoms with Crippen LogP contribution in [0.5, 0.6) is 5.75 Å². The predicted octanol–water partition coefficient (Wildman–Crippen LogP) is 5.08. The van der Waals surface area contributed by atoms with Gasteiger partial charge in [-0.15, -0.1) is 0 Å². The molecule has 2 fully saturated rings. The number of carbonyl (C=O) groups is 3. The molecule has 2 N–H and O–H groups in total. The minimum Gasteiger partial charge on any atom is -0.487 e. The van der Waals surface area contributed by atoms with Crippen molar-refractivity contribution < 1.29 is 37.4 Å². The minimum atomic E-state index is -5.08. The molecule has 0 radical (unpaired) electrons. The summed E-state index contributed by atoms with van der Waals surface area (Å²) in [7, 11) is 0. The number of nitrogens with zero attached hydrogens (tertiary/aromatic N) is 2. The number of piperidine rings is 2. The summed E-state index contributed by atoms with van der Waals surface area (Å²) in [6.45, 7) is 10.6. The third-order valence-electron chi connectivity index (χ3n) is 8.16. The molecule has 0 unspecified atom stereocenters. The van der Waals surface area contributed by atoms with Crippen molar-refractivity contribution in [3.63, 3.8) is 0 Å². The van der Waals surface area contributed by atoms with Crippen LogP contribution in [0, 0.1) is 5.41 Å². The van der Waals surface area contributed by atoms with E-state index in [1.54, 1.807) is 12.3 Å². The number of rotatable bonds is 4. The highest BCUT2D eigenvalue weighted by atomic mass is 19.4. The SMILES string of the molecule is CC(=O)c1c[nH]c(C(=O)N2CCC3(CCN(Cc4cccc5c4OC(C)(C)C5)CC3)CC2)c1.O=C(O)C(F)(F)F. The zero-order valence-electron chi connectivity index (χ0n) is 23.1. The molecule has 40 heavy (non-hydrogen) atoms. The van der Waals surface area contributed by atoms with E-state index in [0.717, 1.165) is 57.7 Å². The maximum absolute atomic E-state index is 12.9. The number of carbonyl (C=O) groups excluding carboxylic acids is 2. The molecular formula is C29H36F3N3O5. The number of aliphatic carboxylic acids is 1. The molecule has 2 saturated heterocycles. The zero-order valence-corrected chi connectivity index (χ0v) is 23.1. The second-order valence-corrected chi connectivity index (χ2v) is 11.7. The Hall–Kier alpha value is -3.34. The Labute approximate surface area is 231 Å². The molecule has 4 heterocycles. The van der Waals surface area contributed by atoms with Crippen LogP contribution in [0.15, 0.2) is 30.5 Å². The first-order chi connectivity index (χ1) is 18.7. The molecule has 3 aliphatic rings. The fraction of sp³-hybridized carbons (Fsp3) is 0.552. The number of ether oxygens (including phenoxy) is 1. The van der Waals surface area contributed by atoms with Gasteiger partial charge in [0.05, 0.1) is 0 Å². The number of carboxylic acid groups (broad SMARTS) is 1. The maximum atomic E-state index is 12.9. The number of H-pyrrole nitrogens is 1. The van der Waals surface area contributed by atoms with E-state index in [2.05, 4.69) is 41.9 Å². The second kappa shape index (κ2) is 11.3. The molecular weight excluding hydrogens is 527 g/mol. The first-order valence-electron chi connectivity index (χ1n) is 13.5. The van der Waals surface area contributed by atoms with Gasteiger partial charge in [0.2, 0.25) is 0 Å². The van der Waals surface area contributed by atoms with Crippen LogP contribution in [-0.2, 0) is 17.8 Å². The molecule has 2 aromatic rings. The van der Waals surface area contributed by atoms with Crippen molar-refractivity contribution in [2.45, 2.75) is 71.2 Å². The largest absolute Gasteiger partial charge is 0.490 e. The molecule has 0 atom stereocenters. The highest BCUT2D eigenvalue weighted by Gasteiger charge is 2.40. The monoisotopic (exact) mass is 563 g/mol. The molecule has 11 heteroatoms. The summed E-state index contributed by atoms with van der Waals surface area (Å²) < 4.78 is 38.0. The highest BCUT2D eigenvalue weighted by molar-refractivity contribution is 5.99. The van der Waals surface area contributed by atoms with Crippen molar-refractivity contribution in [2.75, 3.05) is 26.2 Å². The van der Waals surface area contributed by atoms with Crippen LogP contribution >= 0.6 is 0 Å². The van der Waals surface area contributed by atoms with Crippen molar-refractivity contribution in [3.05, 3.63) is 52.8 Å². The number of likely N-dealkylation sites (tertiary alicyclic amines) is 2. The number of fused-ring (bicyclic) bond motifs is 1. The average molecular weight is 564 g/mol. The number of hydrogen-bond acceptors (Lipinski definition) is 5. The van der Waals surface area contributed by atoms with Crippen LogP contribution in [0.25, 0.3) is 0 Å². The van der Waals surface area contributed by atoms with Gasteiger partial charge in [-0.3, -0.25) is 14.5 Å². The molecule has 1 spiro atoms. The molecule has 218 valence electrons. The molecule has 1 amide bonds. The fourth-order valence-electron chi connectivity index (χ4n) is 5.81. The highest BCUT2D eigenvalue weighted by Crippen LogP contribution is 2.43. The molecule has 0 saturated carbocycles. The lowest BCUT2D eigenvalue weighted by Gasteiger charge is -2.47. The number of Topliss-reactive ketones (excluding diaryl/α,β-unsaturated/α-hetero) is 1. The molecule has 8 nitrogen and oxygen atoms in total. The Morgan fingerprint density at radius 1 is 1.05 bits per heavy atom. The average Bonchev–Trinajstić information content (AvgIpc) is 3.50. The summed E-state index contributed by atoms with van der Waals surface area (Å²) in [6.07, 6.45) is 2.02. The Balaban J connectivity index is 0.000000470. The third-order valence-corrected chi connectivity index (χ3v) is 8.16. The van der Waals surface area contributed by atoms with Gasteiger partial charge in [0.1, 0.15) is 17.0 Å². The molecule has 0 aliphatic carbocycles. The first-order valence-corrected chi connectivity index (χ1v) is 13.5. The lowest BCUT2D eigenvalue weighted by molar-refractivity contribution is -0.192. The number of ketones is 1. The van der Waals surface area contributed by atoms with E-state index < -0.39 is 12.1 Å². The summed E-state index contributed by atoms with van der Waals surface area (Å²) in [4.78, 5) is 40.8. The van der Waals surface area contributed by atoms with Gasteiger partial charge in [-0.25, -0.2) is 4.79 Å². The van der Waals surface area contributed by atoms with Gasteiger partial charge >= 0.3 is 12.1 Å². The minimum absolute atomic E-state index is 0.00985. The van der Waals surface area contributed by atoms with E-state index in [-0.39, 0.29) is 17.3 Å². The van der Waals surface area contributed by atoms with Crippen LogP contribution in [0.2, 0.25) is 0 Å². The molecule has 1 aromatic heterocycles. The van der Waals surface area contributed by atoms with Crippen LogP contribution < -0.4 is 4.74 Å². The number of carboxylic acids is 1. The summed E-state index contributed by atoms with van der Waals surface area (Å²) in [5.41, 5.74) is 3.98. The van der Waals surface area contributed by atoms with Crippen molar-refractivity contribution in [3.8, 4) is 5.75 Å². The van der Waals surface area contributed by atoms with Crippen LogP contribution in [0.3, 0.4) is 0 Å². The number of amides is 1. The number of aromatic amines is 1. The number of alkyl halides is 3.